The van der Waals surface area contributed by atoms with E-state index in [-0.39, 0.29) is 12.5 Å². The molecule has 0 aliphatic rings. The summed E-state index contributed by atoms with van der Waals surface area (Å²) in [5, 5.41) is 3.76. The van der Waals surface area contributed by atoms with Crippen LogP contribution in [-0.4, -0.2) is 44.6 Å². The number of amides is 1. The van der Waals surface area contributed by atoms with Gasteiger partial charge in [0.1, 0.15) is 5.75 Å². The Morgan fingerprint density at radius 1 is 1.40 bits per heavy atom. The first kappa shape index (κ1) is 17.1. The standard InChI is InChI=1S/C14H20Cl2N2O2/c1-10(8-18(2)3)7-17-14(19)9-20-13-5-4-11(15)6-12(13)16/h4-6,10H,7-9H2,1-3H3,(H,17,19)/t10-/m1/s1. The van der Waals surface area contributed by atoms with Crippen molar-refractivity contribution < 1.29 is 9.53 Å². The van der Waals surface area contributed by atoms with Crippen molar-refractivity contribution >= 4 is 29.1 Å². The molecule has 0 fully saturated rings. The molecular formula is C14H20Cl2N2O2. The number of carbonyl (C=O) groups is 1. The lowest BCUT2D eigenvalue weighted by atomic mass is 10.2. The summed E-state index contributed by atoms with van der Waals surface area (Å²) in [7, 11) is 4.01. The van der Waals surface area contributed by atoms with E-state index in [1.165, 1.54) is 0 Å². The number of benzene rings is 1. The fourth-order valence-corrected chi connectivity index (χ4v) is 2.23. The van der Waals surface area contributed by atoms with Crippen LogP contribution in [0.3, 0.4) is 0 Å². The van der Waals surface area contributed by atoms with Crippen molar-refractivity contribution in [2.45, 2.75) is 6.92 Å². The Balaban J connectivity index is 2.33. The smallest absolute Gasteiger partial charge is 0.257 e. The van der Waals surface area contributed by atoms with Gasteiger partial charge in [-0.3, -0.25) is 4.79 Å². The van der Waals surface area contributed by atoms with Crippen LogP contribution >= 0.6 is 23.2 Å². The van der Waals surface area contributed by atoms with Crippen molar-refractivity contribution in [1.82, 2.24) is 10.2 Å². The molecule has 0 bridgehead atoms. The number of carbonyl (C=O) groups excluding carboxylic acids is 1. The van der Waals surface area contributed by atoms with E-state index in [1.54, 1.807) is 18.2 Å². The predicted molar refractivity (Wildman–Crippen MR) is 82.7 cm³/mol. The maximum atomic E-state index is 11.7. The molecule has 1 N–H and O–H groups in total. The maximum Gasteiger partial charge on any atom is 0.257 e. The van der Waals surface area contributed by atoms with E-state index >= 15 is 0 Å². The van der Waals surface area contributed by atoms with Crippen molar-refractivity contribution in [1.29, 1.82) is 0 Å². The number of nitrogens with zero attached hydrogens (tertiary/aromatic N) is 1. The SMILES string of the molecule is C[C@H](CNC(=O)COc1ccc(Cl)cc1Cl)CN(C)C. The second-order valence-electron chi connectivity index (χ2n) is 5.03. The molecule has 1 aromatic carbocycles. The summed E-state index contributed by atoms with van der Waals surface area (Å²) >= 11 is 11.7. The molecule has 6 heteroatoms. The third kappa shape index (κ3) is 6.46. The van der Waals surface area contributed by atoms with Crippen LogP contribution in [0.25, 0.3) is 0 Å². The number of nitrogens with one attached hydrogen (secondary N) is 1. The van der Waals surface area contributed by atoms with Gasteiger partial charge in [-0.1, -0.05) is 30.1 Å². The van der Waals surface area contributed by atoms with Gasteiger partial charge in [0, 0.05) is 18.1 Å². The van der Waals surface area contributed by atoms with E-state index in [1.807, 2.05) is 14.1 Å². The van der Waals surface area contributed by atoms with Crippen LogP contribution in [0.5, 0.6) is 5.75 Å². The van der Waals surface area contributed by atoms with Gasteiger partial charge in [-0.15, -0.1) is 0 Å². The molecule has 0 heterocycles. The zero-order chi connectivity index (χ0) is 15.1. The summed E-state index contributed by atoms with van der Waals surface area (Å²) < 4.78 is 5.35. The number of hydrogen-bond donors (Lipinski definition) is 1. The monoisotopic (exact) mass is 318 g/mol. The van der Waals surface area contributed by atoms with Gasteiger partial charge < -0.3 is 15.0 Å². The van der Waals surface area contributed by atoms with E-state index in [0.29, 0.717) is 28.3 Å². The van der Waals surface area contributed by atoms with Gasteiger partial charge in [0.25, 0.3) is 5.91 Å². The molecule has 1 rings (SSSR count). The van der Waals surface area contributed by atoms with Crippen molar-refractivity contribution in [2.75, 3.05) is 33.8 Å². The van der Waals surface area contributed by atoms with E-state index in [2.05, 4.69) is 17.1 Å². The highest BCUT2D eigenvalue weighted by molar-refractivity contribution is 6.35. The predicted octanol–water partition coefficient (Wildman–Crippen LogP) is 2.69. The molecule has 0 saturated carbocycles. The Morgan fingerprint density at radius 2 is 2.10 bits per heavy atom. The first-order valence-corrected chi connectivity index (χ1v) is 7.13. The zero-order valence-electron chi connectivity index (χ0n) is 12.0. The molecular weight excluding hydrogens is 299 g/mol. The summed E-state index contributed by atoms with van der Waals surface area (Å²) in [5.41, 5.74) is 0. The highest BCUT2D eigenvalue weighted by Gasteiger charge is 2.09. The molecule has 4 nitrogen and oxygen atoms in total. The van der Waals surface area contributed by atoms with E-state index in [0.717, 1.165) is 6.54 Å². The Bertz CT molecular complexity index is 453. The average molecular weight is 319 g/mol. The topological polar surface area (TPSA) is 41.6 Å². The minimum absolute atomic E-state index is 0.0595. The molecule has 1 atom stereocenters. The van der Waals surface area contributed by atoms with Crippen LogP contribution in [0.15, 0.2) is 18.2 Å². The first-order valence-electron chi connectivity index (χ1n) is 6.37. The van der Waals surface area contributed by atoms with Gasteiger partial charge in [0.2, 0.25) is 0 Å². The fraction of sp³-hybridized carbons (Fsp3) is 0.500. The fourth-order valence-electron chi connectivity index (χ4n) is 1.76. The quantitative estimate of drug-likeness (QED) is 0.840. The van der Waals surface area contributed by atoms with Gasteiger partial charge in [-0.2, -0.15) is 0 Å². The molecule has 0 unspecified atom stereocenters. The molecule has 1 amide bonds. The van der Waals surface area contributed by atoms with Crippen LogP contribution < -0.4 is 10.1 Å². The van der Waals surface area contributed by atoms with E-state index < -0.39 is 0 Å². The van der Waals surface area contributed by atoms with Gasteiger partial charge >= 0.3 is 0 Å². The molecule has 0 spiro atoms. The zero-order valence-corrected chi connectivity index (χ0v) is 13.5. The third-order valence-electron chi connectivity index (χ3n) is 2.58. The Kier molecular flexibility index (Phi) is 7.13. The molecule has 1 aromatic rings. The highest BCUT2D eigenvalue weighted by Crippen LogP contribution is 2.27. The number of ether oxygens (including phenoxy) is 1. The molecule has 20 heavy (non-hydrogen) atoms. The molecule has 112 valence electrons. The normalized spacial score (nSPS) is 12.3. The maximum absolute atomic E-state index is 11.7. The van der Waals surface area contributed by atoms with E-state index in [4.69, 9.17) is 27.9 Å². The van der Waals surface area contributed by atoms with Crippen molar-refractivity contribution in [3.8, 4) is 5.75 Å². The number of rotatable bonds is 7. The first-order chi connectivity index (χ1) is 9.38. The van der Waals surface area contributed by atoms with Gasteiger partial charge in [-0.25, -0.2) is 0 Å². The minimum atomic E-state index is -0.165. The van der Waals surface area contributed by atoms with Gasteiger partial charge in [0.05, 0.1) is 5.02 Å². The third-order valence-corrected chi connectivity index (χ3v) is 3.11. The highest BCUT2D eigenvalue weighted by atomic mass is 35.5. The number of halogens is 2. The lowest BCUT2D eigenvalue weighted by Gasteiger charge is -2.17. The summed E-state index contributed by atoms with van der Waals surface area (Å²) in [6.45, 7) is 3.56. The Labute approximate surface area is 130 Å². The number of hydrogen-bond acceptors (Lipinski definition) is 3. The van der Waals surface area contributed by atoms with Crippen LogP contribution in [0, 0.1) is 5.92 Å². The second kappa shape index (κ2) is 8.35. The second-order valence-corrected chi connectivity index (χ2v) is 5.88. The Hall–Kier alpha value is -0.970. The molecule has 0 saturated heterocycles. The van der Waals surface area contributed by atoms with Crippen LogP contribution in [0.1, 0.15) is 6.92 Å². The average Bonchev–Trinajstić information content (AvgIpc) is 2.34. The van der Waals surface area contributed by atoms with E-state index in [9.17, 15) is 4.79 Å². The summed E-state index contributed by atoms with van der Waals surface area (Å²) in [4.78, 5) is 13.8. The molecule has 0 aliphatic heterocycles. The summed E-state index contributed by atoms with van der Waals surface area (Å²) in [6.07, 6.45) is 0. The lowest BCUT2D eigenvalue weighted by molar-refractivity contribution is -0.123. The largest absolute Gasteiger partial charge is 0.482 e. The lowest BCUT2D eigenvalue weighted by Crippen LogP contribution is -2.35. The molecule has 0 aromatic heterocycles. The summed E-state index contributed by atoms with van der Waals surface area (Å²) in [6, 6.07) is 4.89. The summed E-state index contributed by atoms with van der Waals surface area (Å²) in [5.74, 6) is 0.669. The van der Waals surface area contributed by atoms with Crippen molar-refractivity contribution in [3.63, 3.8) is 0 Å². The van der Waals surface area contributed by atoms with Crippen LogP contribution in [0.4, 0.5) is 0 Å². The van der Waals surface area contributed by atoms with Crippen LogP contribution in [-0.2, 0) is 4.79 Å². The minimum Gasteiger partial charge on any atom is -0.482 e. The molecule has 0 radical (unpaired) electrons. The Morgan fingerprint density at radius 3 is 2.70 bits per heavy atom. The van der Waals surface area contributed by atoms with Crippen molar-refractivity contribution in [2.24, 2.45) is 5.92 Å². The van der Waals surface area contributed by atoms with Gasteiger partial charge in [-0.05, 0) is 38.2 Å². The van der Waals surface area contributed by atoms with Gasteiger partial charge in [0.15, 0.2) is 6.61 Å². The van der Waals surface area contributed by atoms with Crippen molar-refractivity contribution in [3.05, 3.63) is 28.2 Å². The van der Waals surface area contributed by atoms with Crippen LogP contribution in [0.2, 0.25) is 10.0 Å². The molecule has 0 aliphatic carbocycles.